The van der Waals surface area contributed by atoms with Crippen molar-refractivity contribution in [2.75, 3.05) is 0 Å². The molecule has 0 amide bonds. The number of hydrogen-bond acceptors (Lipinski definition) is 3. The van der Waals surface area contributed by atoms with Gasteiger partial charge in [0.25, 0.3) is 0 Å². The predicted octanol–water partition coefficient (Wildman–Crippen LogP) is 5.39. The quantitative estimate of drug-likeness (QED) is 0.332. The van der Waals surface area contributed by atoms with E-state index in [4.69, 9.17) is 20.6 Å². The van der Waals surface area contributed by atoms with Gasteiger partial charge >= 0.3 is 7.82 Å². The smallest absolute Gasteiger partial charge is 0.395 e. The standard InChI is InChI=1S/C22H17ClNO4P/c23-19-10-12-20(13-11-19)27-29(25,26)28-21-8-3-5-17(15-21)16-24-14-4-7-18-6-1-2-9-22(18)24/h1-15H,16H2/p+1. The summed E-state index contributed by atoms with van der Waals surface area (Å²) in [6, 6.07) is 25.3. The van der Waals surface area contributed by atoms with Gasteiger partial charge in [-0.05, 0) is 48.5 Å². The molecule has 0 aliphatic rings. The fourth-order valence-electron chi connectivity index (χ4n) is 3.04. The second-order valence-electron chi connectivity index (χ2n) is 6.45. The second kappa shape index (κ2) is 8.26. The molecule has 5 nitrogen and oxygen atoms in total. The Bertz CT molecular complexity index is 1190. The van der Waals surface area contributed by atoms with Crippen LogP contribution in [0.5, 0.6) is 11.5 Å². The highest BCUT2D eigenvalue weighted by Crippen LogP contribution is 2.44. The van der Waals surface area contributed by atoms with Gasteiger partial charge in [0, 0.05) is 28.1 Å². The lowest BCUT2D eigenvalue weighted by molar-refractivity contribution is -0.662. The van der Waals surface area contributed by atoms with Crippen LogP contribution >= 0.6 is 19.4 Å². The molecule has 1 heterocycles. The molecule has 1 aromatic heterocycles. The molecule has 3 aromatic carbocycles. The summed E-state index contributed by atoms with van der Waals surface area (Å²) in [6.45, 7) is 0.590. The summed E-state index contributed by atoms with van der Waals surface area (Å²) in [6.07, 6.45) is 2.00. The molecule has 1 unspecified atom stereocenters. The minimum Gasteiger partial charge on any atom is -0.395 e. The summed E-state index contributed by atoms with van der Waals surface area (Å²) in [5.74, 6) is 0.450. The summed E-state index contributed by atoms with van der Waals surface area (Å²) in [5.41, 5.74) is 2.02. The molecule has 0 bridgehead atoms. The van der Waals surface area contributed by atoms with Crippen LogP contribution in [0.4, 0.5) is 0 Å². The first-order valence-corrected chi connectivity index (χ1v) is 10.8. The lowest BCUT2D eigenvalue weighted by Gasteiger charge is -2.14. The number of halogens is 1. The van der Waals surface area contributed by atoms with E-state index in [0.29, 0.717) is 11.6 Å². The lowest BCUT2D eigenvalue weighted by atomic mass is 10.2. The minimum atomic E-state index is -4.34. The molecule has 4 rings (SSSR count). The minimum absolute atomic E-state index is 0.197. The number of benzene rings is 3. The zero-order valence-corrected chi connectivity index (χ0v) is 17.0. The maximum absolute atomic E-state index is 12.4. The normalized spacial score (nSPS) is 13.0. The summed E-state index contributed by atoms with van der Waals surface area (Å²) in [7, 11) is -4.34. The van der Waals surface area contributed by atoms with Crippen LogP contribution in [-0.4, -0.2) is 4.89 Å². The van der Waals surface area contributed by atoms with Crippen molar-refractivity contribution in [1.29, 1.82) is 0 Å². The number of pyridine rings is 1. The largest absolute Gasteiger partial charge is 0.584 e. The molecule has 1 N–H and O–H groups in total. The third kappa shape index (κ3) is 4.96. The van der Waals surface area contributed by atoms with E-state index in [1.54, 1.807) is 30.3 Å². The van der Waals surface area contributed by atoms with Gasteiger partial charge in [-0.1, -0.05) is 35.9 Å². The average Bonchev–Trinajstić information content (AvgIpc) is 2.70. The van der Waals surface area contributed by atoms with Crippen molar-refractivity contribution < 1.29 is 23.1 Å². The van der Waals surface area contributed by atoms with E-state index in [1.807, 2.05) is 30.5 Å². The van der Waals surface area contributed by atoms with Crippen LogP contribution < -0.4 is 13.6 Å². The van der Waals surface area contributed by atoms with E-state index < -0.39 is 7.82 Å². The molecule has 1 atom stereocenters. The SMILES string of the molecule is O=P(O)(Oc1ccc(Cl)cc1)Oc1cccc(C[n+]2cccc3ccccc32)c1. The summed E-state index contributed by atoms with van der Waals surface area (Å²) in [4.78, 5) is 10.1. The topological polar surface area (TPSA) is 59.6 Å². The van der Waals surface area contributed by atoms with E-state index in [-0.39, 0.29) is 11.5 Å². The summed E-state index contributed by atoms with van der Waals surface area (Å²) >= 11 is 5.81. The molecule has 0 saturated heterocycles. The van der Waals surface area contributed by atoms with Gasteiger partial charge in [-0.15, -0.1) is 0 Å². The average molecular weight is 427 g/mol. The van der Waals surface area contributed by atoms with Gasteiger partial charge in [-0.25, -0.2) is 4.57 Å². The first kappa shape index (κ1) is 19.5. The number of fused-ring (bicyclic) bond motifs is 1. The Kier molecular flexibility index (Phi) is 5.54. The number of rotatable bonds is 6. The number of hydrogen-bond donors (Lipinski definition) is 1. The third-order valence-corrected chi connectivity index (χ3v) is 5.43. The van der Waals surface area contributed by atoms with Crippen LogP contribution in [0.25, 0.3) is 10.9 Å². The third-order valence-electron chi connectivity index (χ3n) is 4.29. The van der Waals surface area contributed by atoms with E-state index in [9.17, 15) is 9.46 Å². The fourth-order valence-corrected chi connectivity index (χ4v) is 3.97. The van der Waals surface area contributed by atoms with Crippen LogP contribution in [0.15, 0.2) is 91.1 Å². The molecule has 0 spiro atoms. The second-order valence-corrected chi connectivity index (χ2v) is 8.19. The van der Waals surface area contributed by atoms with E-state index >= 15 is 0 Å². The van der Waals surface area contributed by atoms with Crippen molar-refractivity contribution in [3.63, 3.8) is 0 Å². The molecular formula is C22H18ClNO4P+. The van der Waals surface area contributed by atoms with E-state index in [1.165, 1.54) is 12.1 Å². The Balaban J connectivity index is 1.52. The Hall–Kier alpha value is -2.85. The first-order chi connectivity index (χ1) is 14.0. The van der Waals surface area contributed by atoms with Gasteiger partial charge in [-0.3, -0.25) is 4.89 Å². The zero-order valence-electron chi connectivity index (χ0n) is 15.3. The number of phosphoric acid groups is 1. The van der Waals surface area contributed by atoms with E-state index in [2.05, 4.69) is 22.8 Å². The predicted molar refractivity (Wildman–Crippen MR) is 112 cm³/mol. The van der Waals surface area contributed by atoms with Crippen molar-refractivity contribution >= 4 is 30.3 Å². The Morgan fingerprint density at radius 2 is 1.59 bits per heavy atom. The number of para-hydroxylation sites is 1. The molecule has 0 fully saturated rings. The van der Waals surface area contributed by atoms with Crippen molar-refractivity contribution in [2.24, 2.45) is 0 Å². The molecule has 29 heavy (non-hydrogen) atoms. The van der Waals surface area contributed by atoms with Crippen LogP contribution in [0.2, 0.25) is 5.02 Å². The molecule has 7 heteroatoms. The van der Waals surface area contributed by atoms with Crippen molar-refractivity contribution in [3.8, 4) is 11.5 Å². The number of phosphoric ester groups is 1. The van der Waals surface area contributed by atoms with Crippen LogP contribution in [0.1, 0.15) is 5.56 Å². The highest BCUT2D eigenvalue weighted by atomic mass is 35.5. The Morgan fingerprint density at radius 3 is 2.41 bits per heavy atom. The summed E-state index contributed by atoms with van der Waals surface area (Å²) in [5, 5.41) is 1.64. The fraction of sp³-hybridized carbons (Fsp3) is 0.0455. The van der Waals surface area contributed by atoms with Crippen LogP contribution in [0.3, 0.4) is 0 Å². The monoisotopic (exact) mass is 426 g/mol. The van der Waals surface area contributed by atoms with Crippen LogP contribution in [-0.2, 0) is 11.1 Å². The molecule has 146 valence electrons. The Morgan fingerprint density at radius 1 is 0.862 bits per heavy atom. The van der Waals surface area contributed by atoms with Gasteiger partial charge in [0.05, 0.1) is 0 Å². The first-order valence-electron chi connectivity index (χ1n) is 8.92. The molecule has 0 aliphatic carbocycles. The maximum Gasteiger partial charge on any atom is 0.584 e. The molecule has 0 saturated carbocycles. The van der Waals surface area contributed by atoms with Crippen molar-refractivity contribution in [1.82, 2.24) is 0 Å². The molecule has 0 radical (unpaired) electrons. The maximum atomic E-state index is 12.4. The van der Waals surface area contributed by atoms with Gasteiger partial charge < -0.3 is 9.05 Å². The summed E-state index contributed by atoms with van der Waals surface area (Å²) < 4.78 is 24.8. The number of nitrogens with zero attached hydrogens (tertiary/aromatic N) is 1. The van der Waals surface area contributed by atoms with Gasteiger partial charge in [0.2, 0.25) is 5.52 Å². The van der Waals surface area contributed by atoms with Crippen molar-refractivity contribution in [2.45, 2.75) is 6.54 Å². The highest BCUT2D eigenvalue weighted by molar-refractivity contribution is 7.48. The molecular weight excluding hydrogens is 409 g/mol. The molecule has 0 aliphatic heterocycles. The lowest BCUT2D eigenvalue weighted by Crippen LogP contribution is -2.34. The Labute approximate surface area is 173 Å². The van der Waals surface area contributed by atoms with Crippen LogP contribution in [0, 0.1) is 0 Å². The van der Waals surface area contributed by atoms with E-state index in [0.717, 1.165) is 16.5 Å². The van der Waals surface area contributed by atoms with Gasteiger partial charge in [-0.2, -0.15) is 4.57 Å². The van der Waals surface area contributed by atoms with Gasteiger partial charge in [0.1, 0.15) is 11.5 Å². The van der Waals surface area contributed by atoms with Crippen molar-refractivity contribution in [3.05, 3.63) is 102 Å². The number of aromatic nitrogens is 1. The van der Waals surface area contributed by atoms with Gasteiger partial charge in [0.15, 0.2) is 12.7 Å². The molecule has 4 aromatic rings. The zero-order chi connectivity index (χ0) is 20.3. The highest BCUT2D eigenvalue weighted by Gasteiger charge is 2.25.